The molecular weight excluding hydrogens is 506 g/mol. The van der Waals surface area contributed by atoms with E-state index in [1.165, 1.54) is 0 Å². The molecule has 0 saturated heterocycles. The Bertz CT molecular complexity index is 352. The first-order valence-corrected chi connectivity index (χ1v) is 7.85. The number of aliphatic hydroxyl groups excluding tert-OH is 1. The third kappa shape index (κ3) is 9.22. The van der Waals surface area contributed by atoms with Gasteiger partial charge in [-0.3, -0.25) is 10.1 Å². The molecule has 0 radical (unpaired) electrons. The molecule has 0 rings (SSSR count). The van der Waals surface area contributed by atoms with Crippen LogP contribution in [0.15, 0.2) is 0 Å². The monoisotopic (exact) mass is 511 g/mol. The predicted octanol–water partition coefficient (Wildman–Crippen LogP) is 3.04. The number of nitriles is 2. The summed E-state index contributed by atoms with van der Waals surface area (Å²) in [6.07, 6.45) is 0.968. The van der Waals surface area contributed by atoms with Gasteiger partial charge in [-0.1, -0.05) is 31.9 Å². The van der Waals surface area contributed by atoms with E-state index in [0.29, 0.717) is 18.2 Å². The summed E-state index contributed by atoms with van der Waals surface area (Å²) in [7, 11) is 0. The molecule has 0 aromatic rings. The van der Waals surface area contributed by atoms with Crippen molar-refractivity contribution in [2.24, 2.45) is 0 Å². The van der Waals surface area contributed by atoms with Gasteiger partial charge in [0.2, 0.25) is 0 Å². The van der Waals surface area contributed by atoms with Crippen LogP contribution in [0.1, 0.15) is 12.8 Å². The minimum atomic E-state index is -1.56. The van der Waals surface area contributed by atoms with Gasteiger partial charge < -0.3 is 5.11 Å². The summed E-state index contributed by atoms with van der Waals surface area (Å²) in [5.74, 6) is 0. The highest BCUT2D eigenvalue weighted by atomic mass is 79.9. The molecule has 0 aliphatic carbocycles. The van der Waals surface area contributed by atoms with Gasteiger partial charge in [-0.05, 0) is 6.42 Å². The van der Waals surface area contributed by atoms with E-state index < -0.39 is 19.2 Å². The van der Waals surface area contributed by atoms with E-state index in [1.54, 1.807) is 0 Å². The van der Waals surface area contributed by atoms with Crippen molar-refractivity contribution in [2.45, 2.75) is 20.5 Å². The Balaban J connectivity index is 0. The van der Waals surface area contributed by atoms with Gasteiger partial charge in [0.25, 0.3) is 0 Å². The maximum absolute atomic E-state index is 9.80. The molecule has 0 spiro atoms. The van der Waals surface area contributed by atoms with Gasteiger partial charge in [0, 0.05) is 43.6 Å². The van der Waals surface area contributed by atoms with Crippen molar-refractivity contribution in [2.75, 3.05) is 11.9 Å². The van der Waals surface area contributed by atoms with E-state index in [-0.39, 0.29) is 0 Å². The van der Waals surface area contributed by atoms with E-state index in [4.69, 9.17) is 15.6 Å². The van der Waals surface area contributed by atoms with Crippen LogP contribution in [-0.2, 0) is 0 Å². The SMILES string of the molecule is N#CCCC(Br)(C#N)CBr.O=[N+]([O-])C(Br)(Br)CO. The van der Waals surface area contributed by atoms with Crippen LogP contribution >= 0.6 is 63.7 Å². The highest BCUT2D eigenvalue weighted by Gasteiger charge is 2.34. The molecule has 0 aromatic heterocycles. The number of hydrogen-bond acceptors (Lipinski definition) is 5. The number of aliphatic hydroxyl groups is 1. The first-order chi connectivity index (χ1) is 8.19. The highest BCUT2D eigenvalue weighted by molar-refractivity contribution is 9.25. The molecule has 0 saturated carbocycles. The Kier molecular flexibility index (Phi) is 11.5. The summed E-state index contributed by atoms with van der Waals surface area (Å²) in [6.45, 7) is -0.583. The highest BCUT2D eigenvalue weighted by Crippen LogP contribution is 2.25. The van der Waals surface area contributed by atoms with E-state index in [2.05, 4.69) is 69.8 Å². The lowest BCUT2D eigenvalue weighted by Crippen LogP contribution is -2.27. The zero-order valence-corrected chi connectivity index (χ0v) is 15.3. The lowest BCUT2D eigenvalue weighted by Gasteiger charge is -2.12. The lowest BCUT2D eigenvalue weighted by molar-refractivity contribution is -0.507. The first kappa shape index (κ1) is 20.6. The average Bonchev–Trinajstić information content (AvgIpc) is 2.36. The van der Waals surface area contributed by atoms with Crippen molar-refractivity contribution in [1.29, 1.82) is 10.5 Å². The third-order valence-electron chi connectivity index (χ3n) is 1.50. The molecule has 6 nitrogen and oxygen atoms in total. The summed E-state index contributed by atoms with van der Waals surface area (Å²) >= 11 is 11.6. The second-order valence-corrected chi connectivity index (χ2v) is 8.72. The van der Waals surface area contributed by atoms with Gasteiger partial charge in [-0.15, -0.1) is 0 Å². The van der Waals surface area contributed by atoms with Gasteiger partial charge in [0.15, 0.2) is 0 Å². The summed E-state index contributed by atoms with van der Waals surface area (Å²) in [6, 6.07) is 4.07. The molecule has 0 aliphatic heterocycles. The van der Waals surface area contributed by atoms with Crippen molar-refractivity contribution >= 4 is 63.7 Å². The zero-order chi connectivity index (χ0) is 14.8. The van der Waals surface area contributed by atoms with Crippen LogP contribution in [-0.4, -0.2) is 29.6 Å². The van der Waals surface area contributed by atoms with Gasteiger partial charge in [-0.2, -0.15) is 10.5 Å². The molecule has 1 atom stereocenters. The fourth-order valence-corrected chi connectivity index (χ4v) is 1.07. The number of hydrogen-bond donors (Lipinski definition) is 1. The molecule has 0 aliphatic rings. The predicted molar refractivity (Wildman–Crippen MR) is 80.6 cm³/mol. The summed E-state index contributed by atoms with van der Waals surface area (Å²) in [4.78, 5) is 9.13. The normalized spacial score (nSPS) is 13.3. The van der Waals surface area contributed by atoms with Crippen LogP contribution in [0.5, 0.6) is 0 Å². The van der Waals surface area contributed by atoms with Crippen LogP contribution in [0.25, 0.3) is 0 Å². The van der Waals surface area contributed by atoms with E-state index in [9.17, 15) is 10.1 Å². The van der Waals surface area contributed by atoms with E-state index in [0.717, 1.165) is 0 Å². The van der Waals surface area contributed by atoms with Gasteiger partial charge in [-0.25, -0.2) is 0 Å². The molecule has 0 bridgehead atoms. The summed E-state index contributed by atoms with van der Waals surface area (Å²) in [5, 5.41) is 35.4. The Morgan fingerprint density at radius 1 is 1.33 bits per heavy atom. The van der Waals surface area contributed by atoms with Crippen molar-refractivity contribution in [3.05, 3.63) is 10.1 Å². The topological polar surface area (TPSA) is 111 Å². The van der Waals surface area contributed by atoms with Crippen LogP contribution in [0.4, 0.5) is 0 Å². The molecular formula is C8H9Br4N3O3. The first-order valence-electron chi connectivity index (χ1n) is 4.35. The second kappa shape index (κ2) is 10.1. The zero-order valence-electron chi connectivity index (χ0n) is 8.95. The fraction of sp³-hybridized carbons (Fsp3) is 0.750. The number of halogens is 4. The number of nitro groups is 1. The standard InChI is InChI=1S/C6H6Br2N2.C2H3Br2NO3/c7-4-6(8,5-10)2-1-3-9;3-2(4,1-6)5(7)8/h1-2,4H2;6H,1H2. The minimum Gasteiger partial charge on any atom is -0.387 e. The second-order valence-electron chi connectivity index (χ2n) is 2.95. The largest absolute Gasteiger partial charge is 0.387 e. The van der Waals surface area contributed by atoms with Crippen molar-refractivity contribution < 1.29 is 10.0 Å². The molecule has 18 heavy (non-hydrogen) atoms. The molecule has 10 heteroatoms. The van der Waals surface area contributed by atoms with Gasteiger partial charge in [0.05, 0.1) is 17.1 Å². The molecule has 0 aromatic carbocycles. The fourth-order valence-electron chi connectivity index (χ4n) is 0.464. The average molecular weight is 515 g/mol. The summed E-state index contributed by atoms with van der Waals surface area (Å²) < 4.78 is -2.11. The third-order valence-corrected chi connectivity index (χ3v) is 5.15. The maximum Gasteiger partial charge on any atom is 0.349 e. The van der Waals surface area contributed by atoms with Gasteiger partial charge in [0.1, 0.15) is 10.9 Å². The van der Waals surface area contributed by atoms with Crippen molar-refractivity contribution in [1.82, 2.24) is 0 Å². The van der Waals surface area contributed by atoms with Crippen LogP contribution in [0.3, 0.4) is 0 Å². The maximum atomic E-state index is 9.80. The number of alkyl halides is 4. The van der Waals surface area contributed by atoms with E-state index >= 15 is 0 Å². The lowest BCUT2D eigenvalue weighted by atomic mass is 10.1. The smallest absolute Gasteiger partial charge is 0.349 e. The minimum absolute atomic E-state index is 0.407. The molecule has 0 heterocycles. The van der Waals surface area contributed by atoms with Crippen LogP contribution < -0.4 is 0 Å². The number of nitrogens with zero attached hydrogens (tertiary/aromatic N) is 3. The van der Waals surface area contributed by atoms with E-state index in [1.807, 2.05) is 6.07 Å². The van der Waals surface area contributed by atoms with Crippen LogP contribution in [0.2, 0.25) is 0 Å². The molecule has 102 valence electrons. The van der Waals surface area contributed by atoms with Crippen molar-refractivity contribution in [3.63, 3.8) is 0 Å². The Morgan fingerprint density at radius 2 is 1.83 bits per heavy atom. The van der Waals surface area contributed by atoms with Crippen molar-refractivity contribution in [3.8, 4) is 12.1 Å². The molecule has 1 N–H and O–H groups in total. The Hall–Kier alpha value is 0.260. The Morgan fingerprint density at radius 3 is 2.00 bits per heavy atom. The summed E-state index contributed by atoms with van der Waals surface area (Å²) in [5.41, 5.74) is 0. The molecule has 1 unspecified atom stereocenters. The number of rotatable bonds is 5. The molecule has 0 fully saturated rings. The molecule has 0 amide bonds. The van der Waals surface area contributed by atoms with Gasteiger partial charge >= 0.3 is 3.36 Å². The Labute approximate surface area is 138 Å². The quantitative estimate of drug-likeness (QED) is 0.262. The van der Waals surface area contributed by atoms with Crippen LogP contribution in [0, 0.1) is 32.8 Å².